The fourth-order valence-electron chi connectivity index (χ4n) is 3.69. The minimum atomic E-state index is -3.68. The van der Waals surface area contributed by atoms with Crippen molar-refractivity contribution in [1.82, 2.24) is 0 Å². The lowest BCUT2D eigenvalue weighted by molar-refractivity contribution is -0.260. The molecule has 0 heterocycles. The summed E-state index contributed by atoms with van der Waals surface area (Å²) >= 11 is 0. The maximum atomic E-state index is 15.0. The number of benzene rings is 1. The Kier molecular flexibility index (Phi) is 3.84. The first-order valence-corrected chi connectivity index (χ1v) is 8.07. The predicted octanol–water partition coefficient (Wildman–Crippen LogP) is 5.14. The van der Waals surface area contributed by atoms with Gasteiger partial charge in [-0.2, -0.15) is 19.3 Å². The van der Waals surface area contributed by atoms with Gasteiger partial charge in [0.15, 0.2) is 0 Å². The highest BCUT2D eigenvalue weighted by Crippen LogP contribution is 2.61. The minimum Gasteiger partial charge on any atom is -0.430 e. The third-order valence-electron chi connectivity index (χ3n) is 5.64. The lowest BCUT2D eigenvalue weighted by Gasteiger charge is -2.50. The molecular weight excluding hydrogens is 329 g/mol. The summed E-state index contributed by atoms with van der Waals surface area (Å²) in [4.78, 5) is 0. The topological polar surface area (TPSA) is 56.8 Å². The van der Waals surface area contributed by atoms with Crippen LogP contribution in [0.4, 0.5) is 13.2 Å². The van der Waals surface area contributed by atoms with Crippen molar-refractivity contribution in [3.05, 3.63) is 40.7 Å². The fraction of sp³-hybridized carbons (Fsp3) is 0.474. The quantitative estimate of drug-likeness (QED) is 0.761. The second-order valence-electron chi connectivity index (χ2n) is 7.18. The molecule has 3 aliphatic carbocycles. The molecule has 0 radical (unpaired) electrons. The summed E-state index contributed by atoms with van der Waals surface area (Å²) in [6, 6.07) is 6.33. The van der Waals surface area contributed by atoms with Gasteiger partial charge in [0.05, 0.1) is 11.0 Å². The van der Waals surface area contributed by atoms with Crippen LogP contribution < -0.4 is 4.74 Å². The summed E-state index contributed by atoms with van der Waals surface area (Å²) in [5, 5.41) is 18.4. The Bertz CT molecular complexity index is 837. The van der Waals surface area contributed by atoms with Crippen LogP contribution in [0.2, 0.25) is 0 Å². The summed E-state index contributed by atoms with van der Waals surface area (Å²) in [7, 11) is 0. The van der Waals surface area contributed by atoms with Gasteiger partial charge in [-0.05, 0) is 50.3 Å². The van der Waals surface area contributed by atoms with Gasteiger partial charge in [0, 0.05) is 5.41 Å². The molecule has 0 aliphatic heterocycles. The van der Waals surface area contributed by atoms with Crippen molar-refractivity contribution in [2.24, 2.45) is 10.8 Å². The van der Waals surface area contributed by atoms with Gasteiger partial charge in [-0.3, -0.25) is 0 Å². The average Bonchev–Trinajstić information content (AvgIpc) is 2.57. The Morgan fingerprint density at radius 1 is 1.08 bits per heavy atom. The van der Waals surface area contributed by atoms with Gasteiger partial charge >= 0.3 is 6.11 Å². The number of aryl methyl sites for hydroxylation is 1. The first-order valence-electron chi connectivity index (χ1n) is 8.07. The van der Waals surface area contributed by atoms with Crippen LogP contribution in [0.25, 0.3) is 0 Å². The number of nitriles is 2. The van der Waals surface area contributed by atoms with E-state index in [-0.39, 0.29) is 29.7 Å². The summed E-state index contributed by atoms with van der Waals surface area (Å²) in [5.74, 6) is -0.868. The largest absolute Gasteiger partial charge is 0.430 e. The molecule has 130 valence electrons. The number of nitrogens with zero attached hydrogens (tertiary/aromatic N) is 2. The summed E-state index contributed by atoms with van der Waals surface area (Å²) in [5.41, 5.74) is -2.09. The van der Waals surface area contributed by atoms with E-state index < -0.39 is 22.8 Å². The first-order chi connectivity index (χ1) is 11.7. The highest BCUT2D eigenvalue weighted by atomic mass is 19.3. The molecule has 4 rings (SSSR count). The van der Waals surface area contributed by atoms with Crippen molar-refractivity contribution in [3.63, 3.8) is 0 Å². The third-order valence-corrected chi connectivity index (χ3v) is 5.64. The van der Waals surface area contributed by atoms with Crippen molar-refractivity contribution >= 4 is 0 Å². The van der Waals surface area contributed by atoms with Crippen LogP contribution in [-0.2, 0) is 0 Å². The Hall–Kier alpha value is -2.47. The Morgan fingerprint density at radius 2 is 1.68 bits per heavy atom. The van der Waals surface area contributed by atoms with E-state index in [1.54, 1.807) is 19.9 Å². The van der Waals surface area contributed by atoms with E-state index in [1.165, 1.54) is 12.1 Å². The van der Waals surface area contributed by atoms with Crippen LogP contribution in [0.15, 0.2) is 24.0 Å². The third kappa shape index (κ3) is 2.48. The van der Waals surface area contributed by atoms with E-state index in [1.807, 2.05) is 6.07 Å². The molecule has 0 unspecified atom stereocenters. The number of ether oxygens (including phenoxy) is 1. The van der Waals surface area contributed by atoms with Gasteiger partial charge in [-0.25, -0.2) is 4.39 Å². The smallest absolute Gasteiger partial charge is 0.407 e. The van der Waals surface area contributed by atoms with Crippen molar-refractivity contribution in [3.8, 4) is 17.9 Å². The summed E-state index contributed by atoms with van der Waals surface area (Å²) < 4.78 is 49.2. The number of hydrogen-bond acceptors (Lipinski definition) is 3. The number of allylic oxidation sites excluding steroid dienone is 1. The number of fused-ring (bicyclic) bond motifs is 2. The van der Waals surface area contributed by atoms with Gasteiger partial charge in [0.2, 0.25) is 0 Å². The zero-order valence-electron chi connectivity index (χ0n) is 14.0. The Balaban J connectivity index is 2.02. The van der Waals surface area contributed by atoms with Crippen LogP contribution in [0, 0.1) is 40.4 Å². The standard InChI is InChI=1S/C19H17F3N2O/c1-12-3-4-15(14(11-24)13(12)10-23)25-19(21,22)18-7-5-17(2,6-8-18)16(20)9-18/h3-4,9H,5-8H2,1-2H3. The van der Waals surface area contributed by atoms with Crippen molar-refractivity contribution < 1.29 is 17.9 Å². The van der Waals surface area contributed by atoms with Gasteiger partial charge in [-0.15, -0.1) is 0 Å². The van der Waals surface area contributed by atoms with E-state index in [2.05, 4.69) is 0 Å². The van der Waals surface area contributed by atoms with E-state index >= 15 is 8.78 Å². The van der Waals surface area contributed by atoms with Gasteiger partial charge in [0.25, 0.3) is 0 Å². The molecule has 0 N–H and O–H groups in total. The molecule has 0 spiro atoms. The van der Waals surface area contributed by atoms with Crippen molar-refractivity contribution in [1.29, 1.82) is 10.5 Å². The lowest BCUT2D eigenvalue weighted by atomic mass is 9.58. The van der Waals surface area contributed by atoms with Crippen LogP contribution in [0.5, 0.6) is 5.75 Å². The number of halogens is 3. The number of hydrogen-bond donors (Lipinski definition) is 0. The van der Waals surface area contributed by atoms with Gasteiger partial charge in [0.1, 0.15) is 29.3 Å². The molecule has 1 aromatic carbocycles. The fourth-order valence-corrected chi connectivity index (χ4v) is 3.69. The molecule has 3 aliphatic rings. The van der Waals surface area contributed by atoms with E-state index in [4.69, 9.17) is 10.00 Å². The normalized spacial score (nSPS) is 28.0. The highest BCUT2D eigenvalue weighted by Gasteiger charge is 2.61. The van der Waals surface area contributed by atoms with Crippen molar-refractivity contribution in [2.75, 3.05) is 0 Å². The molecule has 1 saturated carbocycles. The maximum absolute atomic E-state index is 15.0. The summed E-state index contributed by atoms with van der Waals surface area (Å²) in [6.45, 7) is 3.36. The zero-order chi connectivity index (χ0) is 18.5. The molecule has 25 heavy (non-hydrogen) atoms. The molecule has 0 amide bonds. The van der Waals surface area contributed by atoms with Gasteiger partial charge in [-0.1, -0.05) is 13.0 Å². The molecule has 0 atom stereocenters. The Morgan fingerprint density at radius 3 is 2.20 bits per heavy atom. The summed E-state index contributed by atoms with van der Waals surface area (Å²) in [6.07, 6.45) is -1.79. The van der Waals surface area contributed by atoms with Crippen LogP contribution >= 0.6 is 0 Å². The average molecular weight is 346 g/mol. The zero-order valence-corrected chi connectivity index (χ0v) is 14.0. The lowest BCUT2D eigenvalue weighted by Crippen LogP contribution is -2.51. The van der Waals surface area contributed by atoms with E-state index in [0.717, 1.165) is 6.08 Å². The molecule has 2 bridgehead atoms. The monoisotopic (exact) mass is 346 g/mol. The van der Waals surface area contributed by atoms with E-state index in [9.17, 15) is 9.65 Å². The van der Waals surface area contributed by atoms with Crippen LogP contribution in [0.1, 0.15) is 49.3 Å². The number of alkyl halides is 2. The molecule has 0 saturated heterocycles. The molecule has 3 nitrogen and oxygen atoms in total. The predicted molar refractivity (Wildman–Crippen MR) is 84.4 cm³/mol. The second kappa shape index (κ2) is 5.52. The van der Waals surface area contributed by atoms with Crippen molar-refractivity contribution in [2.45, 2.75) is 45.6 Å². The molecular formula is C19H17F3N2O. The van der Waals surface area contributed by atoms with Crippen LogP contribution in [-0.4, -0.2) is 6.11 Å². The minimum absolute atomic E-state index is 0.00915. The Labute approximate surface area is 144 Å². The molecule has 1 fully saturated rings. The first kappa shape index (κ1) is 17.4. The second-order valence-corrected chi connectivity index (χ2v) is 7.18. The van der Waals surface area contributed by atoms with Crippen LogP contribution in [0.3, 0.4) is 0 Å². The highest BCUT2D eigenvalue weighted by molar-refractivity contribution is 5.57. The molecule has 1 aromatic rings. The van der Waals surface area contributed by atoms with Gasteiger partial charge < -0.3 is 4.74 Å². The SMILES string of the molecule is Cc1ccc(OC(F)(F)C23C=C(F)C(C)(CC2)CC3)c(C#N)c1C#N. The molecule has 6 heteroatoms. The maximum Gasteiger partial charge on any atom is 0.407 e. The number of rotatable bonds is 3. The van der Waals surface area contributed by atoms with E-state index in [0.29, 0.717) is 18.4 Å². The molecule has 0 aromatic heterocycles.